The minimum atomic E-state index is -0.732. The van der Waals surface area contributed by atoms with Gasteiger partial charge in [-0.25, -0.2) is 14.8 Å². The van der Waals surface area contributed by atoms with Gasteiger partial charge in [0, 0.05) is 6.54 Å². The number of nitrogens with zero attached hydrogens (tertiary/aromatic N) is 3. The van der Waals surface area contributed by atoms with Crippen molar-refractivity contribution in [1.82, 2.24) is 19.9 Å². The zero-order valence-corrected chi connectivity index (χ0v) is 21.2. The summed E-state index contributed by atoms with van der Waals surface area (Å²) < 4.78 is 5.25. The highest BCUT2D eigenvalue weighted by atomic mass is 16.6. The number of aryl methyl sites for hydroxylation is 1. The molecule has 10 heteroatoms. The number of hydrogen-bond donors (Lipinski definition) is 3. The van der Waals surface area contributed by atoms with E-state index in [2.05, 4.69) is 32.5 Å². The maximum Gasteiger partial charge on any atom is 0.413 e. The molecule has 3 N–H and O–H groups in total. The highest BCUT2D eigenvalue weighted by Gasteiger charge is 2.34. The second kappa shape index (κ2) is 9.96. The van der Waals surface area contributed by atoms with Gasteiger partial charge in [-0.05, 0) is 75.8 Å². The monoisotopic (exact) mass is 492 g/mol. The molecule has 3 amide bonds. The molecule has 3 aromatic rings. The number of anilines is 2. The third-order valence-corrected chi connectivity index (χ3v) is 6.06. The third-order valence-electron chi connectivity index (χ3n) is 6.06. The number of piperidine rings is 1. The first-order chi connectivity index (χ1) is 17.0. The fraction of sp³-hybridized carbons (Fsp3) is 0.423. The second-order valence-corrected chi connectivity index (χ2v) is 10.3. The molecule has 1 fully saturated rings. The van der Waals surface area contributed by atoms with E-state index in [1.807, 2.05) is 18.2 Å². The SMILES string of the molecule is Cc1cc(NC(=O)C(=O)N2C[C@H](C)CC[C@H]2c2ccc3[nH]cnc3c2)cnc1NC(=O)OC(C)(C)C. The first-order valence-corrected chi connectivity index (χ1v) is 12.0. The zero-order valence-electron chi connectivity index (χ0n) is 21.2. The van der Waals surface area contributed by atoms with Gasteiger partial charge < -0.3 is 19.9 Å². The molecular weight excluding hydrogens is 460 g/mol. The number of H-pyrrole nitrogens is 1. The average Bonchev–Trinajstić information content (AvgIpc) is 3.27. The van der Waals surface area contributed by atoms with Gasteiger partial charge in [-0.15, -0.1) is 0 Å². The van der Waals surface area contributed by atoms with Gasteiger partial charge in [0.1, 0.15) is 11.4 Å². The molecule has 190 valence electrons. The highest BCUT2D eigenvalue weighted by Crippen LogP contribution is 2.34. The standard InChI is InChI=1S/C26H32N6O4/c1-15-6-9-21(17-7-8-19-20(11-17)29-14-28-19)32(13-15)24(34)23(33)30-18-10-16(2)22(27-12-18)31-25(35)36-26(3,4)5/h7-8,10-12,14-15,21H,6,9,13H2,1-5H3,(H,28,29)(H,30,33)(H,27,31,35)/t15-,21+/m1/s1. The van der Waals surface area contributed by atoms with Crippen LogP contribution < -0.4 is 10.6 Å². The molecule has 36 heavy (non-hydrogen) atoms. The van der Waals surface area contributed by atoms with Crippen LogP contribution in [0.3, 0.4) is 0 Å². The van der Waals surface area contributed by atoms with Gasteiger partial charge in [-0.3, -0.25) is 14.9 Å². The second-order valence-electron chi connectivity index (χ2n) is 10.3. The number of fused-ring (bicyclic) bond motifs is 1. The highest BCUT2D eigenvalue weighted by molar-refractivity contribution is 6.39. The number of ether oxygens (including phenoxy) is 1. The van der Waals surface area contributed by atoms with Crippen LogP contribution in [0, 0.1) is 12.8 Å². The molecule has 0 radical (unpaired) electrons. The molecule has 1 aromatic carbocycles. The number of aromatic amines is 1. The third kappa shape index (κ3) is 5.81. The number of aromatic nitrogens is 3. The molecule has 0 aliphatic carbocycles. The summed E-state index contributed by atoms with van der Waals surface area (Å²) in [7, 11) is 0. The van der Waals surface area contributed by atoms with Gasteiger partial charge in [-0.1, -0.05) is 13.0 Å². The van der Waals surface area contributed by atoms with Crippen molar-refractivity contribution in [1.29, 1.82) is 0 Å². The molecule has 0 saturated carbocycles. The lowest BCUT2D eigenvalue weighted by molar-refractivity contribution is -0.146. The van der Waals surface area contributed by atoms with Crippen molar-refractivity contribution in [2.24, 2.45) is 5.92 Å². The van der Waals surface area contributed by atoms with Crippen LogP contribution in [-0.2, 0) is 14.3 Å². The lowest BCUT2D eigenvalue weighted by atomic mass is 9.89. The fourth-order valence-electron chi connectivity index (χ4n) is 4.37. The van der Waals surface area contributed by atoms with E-state index in [1.54, 1.807) is 45.0 Å². The van der Waals surface area contributed by atoms with Crippen molar-refractivity contribution >= 4 is 40.4 Å². The van der Waals surface area contributed by atoms with Gasteiger partial charge in [0.2, 0.25) is 0 Å². The van der Waals surface area contributed by atoms with E-state index in [0.717, 1.165) is 29.4 Å². The summed E-state index contributed by atoms with van der Waals surface area (Å²) >= 11 is 0. The first kappa shape index (κ1) is 25.2. The van der Waals surface area contributed by atoms with Gasteiger partial charge in [0.15, 0.2) is 0 Å². The Morgan fingerprint density at radius 3 is 2.61 bits per heavy atom. The molecule has 2 atom stereocenters. The van der Waals surface area contributed by atoms with E-state index in [1.165, 1.54) is 6.20 Å². The van der Waals surface area contributed by atoms with Crippen LogP contribution in [0.25, 0.3) is 11.0 Å². The summed E-state index contributed by atoms with van der Waals surface area (Å²) in [4.78, 5) is 51.5. The summed E-state index contributed by atoms with van der Waals surface area (Å²) in [5.41, 5.74) is 3.04. The van der Waals surface area contributed by atoms with Crippen LogP contribution in [0.5, 0.6) is 0 Å². The Labute approximate surface area is 209 Å². The summed E-state index contributed by atoms with van der Waals surface area (Å²) in [6.07, 6.45) is 4.14. The molecule has 0 bridgehead atoms. The molecule has 1 aliphatic rings. The average molecular weight is 493 g/mol. The van der Waals surface area contributed by atoms with Gasteiger partial charge in [0.05, 0.1) is 35.3 Å². The molecule has 4 rings (SSSR count). The fourth-order valence-corrected chi connectivity index (χ4v) is 4.37. The predicted molar refractivity (Wildman–Crippen MR) is 136 cm³/mol. The topological polar surface area (TPSA) is 129 Å². The van der Waals surface area contributed by atoms with E-state index in [-0.39, 0.29) is 12.0 Å². The molecule has 1 aliphatic heterocycles. The molecular formula is C26H32N6O4. The van der Waals surface area contributed by atoms with Gasteiger partial charge >= 0.3 is 17.9 Å². The molecule has 10 nitrogen and oxygen atoms in total. The van der Waals surface area contributed by atoms with E-state index in [0.29, 0.717) is 23.6 Å². The van der Waals surface area contributed by atoms with Crippen LogP contribution in [-0.4, -0.2) is 49.9 Å². The van der Waals surface area contributed by atoms with Crippen molar-refractivity contribution in [2.45, 2.75) is 59.1 Å². The van der Waals surface area contributed by atoms with Crippen molar-refractivity contribution in [3.05, 3.63) is 47.9 Å². The maximum atomic E-state index is 13.3. The van der Waals surface area contributed by atoms with Crippen molar-refractivity contribution in [3.8, 4) is 0 Å². The van der Waals surface area contributed by atoms with Crippen LogP contribution in [0.15, 0.2) is 36.8 Å². The van der Waals surface area contributed by atoms with Crippen LogP contribution >= 0.6 is 0 Å². The molecule has 1 saturated heterocycles. The molecule has 3 heterocycles. The van der Waals surface area contributed by atoms with Crippen LogP contribution in [0.1, 0.15) is 57.7 Å². The Bertz CT molecular complexity index is 1300. The largest absolute Gasteiger partial charge is 0.444 e. The van der Waals surface area contributed by atoms with E-state index in [9.17, 15) is 14.4 Å². The van der Waals surface area contributed by atoms with Crippen molar-refractivity contribution in [3.63, 3.8) is 0 Å². The number of nitrogens with one attached hydrogen (secondary N) is 3. The summed E-state index contributed by atoms with van der Waals surface area (Å²) in [5, 5.41) is 5.25. The van der Waals surface area contributed by atoms with E-state index in [4.69, 9.17) is 4.74 Å². The zero-order chi connectivity index (χ0) is 26.0. The van der Waals surface area contributed by atoms with Gasteiger partial charge in [0.25, 0.3) is 0 Å². The van der Waals surface area contributed by atoms with Crippen LogP contribution in [0.2, 0.25) is 0 Å². The number of likely N-dealkylation sites (tertiary alicyclic amines) is 1. The van der Waals surface area contributed by atoms with Crippen LogP contribution in [0.4, 0.5) is 16.3 Å². The summed E-state index contributed by atoms with van der Waals surface area (Å²) in [5.74, 6) is -0.729. The number of benzene rings is 1. The Morgan fingerprint density at radius 2 is 1.89 bits per heavy atom. The minimum absolute atomic E-state index is 0.208. The minimum Gasteiger partial charge on any atom is -0.444 e. The number of pyridine rings is 1. The van der Waals surface area contributed by atoms with E-state index < -0.39 is 23.5 Å². The smallest absolute Gasteiger partial charge is 0.413 e. The number of carbonyl (C=O) groups excluding carboxylic acids is 3. The number of rotatable bonds is 3. The summed E-state index contributed by atoms with van der Waals surface area (Å²) in [6.45, 7) is 9.62. The van der Waals surface area contributed by atoms with Crippen molar-refractivity contribution in [2.75, 3.05) is 17.2 Å². The predicted octanol–water partition coefficient (Wildman–Crippen LogP) is 4.55. The van der Waals surface area contributed by atoms with Crippen molar-refractivity contribution < 1.29 is 19.1 Å². The lowest BCUT2D eigenvalue weighted by Crippen LogP contribution is -2.46. The molecule has 0 unspecified atom stereocenters. The number of carbonyl (C=O) groups is 3. The first-order valence-electron chi connectivity index (χ1n) is 12.0. The molecule has 2 aromatic heterocycles. The lowest BCUT2D eigenvalue weighted by Gasteiger charge is -2.38. The Kier molecular flexibility index (Phi) is 6.96. The molecule has 0 spiro atoms. The number of hydrogen-bond acceptors (Lipinski definition) is 6. The van der Waals surface area contributed by atoms with E-state index >= 15 is 0 Å². The number of amides is 3. The Hall–Kier alpha value is -3.95. The quantitative estimate of drug-likeness (QED) is 0.460. The maximum absolute atomic E-state index is 13.3. The Morgan fingerprint density at radius 1 is 1.11 bits per heavy atom. The number of imidazole rings is 1. The van der Waals surface area contributed by atoms with Gasteiger partial charge in [-0.2, -0.15) is 0 Å². The normalized spacial score (nSPS) is 18.1. The summed E-state index contributed by atoms with van der Waals surface area (Å²) in [6, 6.07) is 7.32. The Balaban J connectivity index is 1.46.